The molecule has 0 bridgehead atoms. The van der Waals surface area contributed by atoms with Crippen molar-refractivity contribution in [3.05, 3.63) is 11.1 Å². The van der Waals surface area contributed by atoms with Crippen molar-refractivity contribution in [3.8, 4) is 0 Å². The zero-order valence-electron chi connectivity index (χ0n) is 12.4. The minimum absolute atomic E-state index is 0.295. The van der Waals surface area contributed by atoms with Gasteiger partial charge in [-0.1, -0.05) is 12.5 Å². The van der Waals surface area contributed by atoms with Gasteiger partial charge in [0.15, 0.2) is 5.78 Å². The van der Waals surface area contributed by atoms with E-state index < -0.39 is 0 Å². The van der Waals surface area contributed by atoms with Gasteiger partial charge >= 0.3 is 0 Å². The van der Waals surface area contributed by atoms with Crippen molar-refractivity contribution in [2.24, 2.45) is 10.4 Å². The van der Waals surface area contributed by atoms with Crippen LogP contribution in [0.3, 0.4) is 0 Å². The van der Waals surface area contributed by atoms with Gasteiger partial charge in [0.05, 0.1) is 0 Å². The summed E-state index contributed by atoms with van der Waals surface area (Å²) >= 11 is 0. The highest BCUT2D eigenvalue weighted by Gasteiger charge is 2.37. The summed E-state index contributed by atoms with van der Waals surface area (Å²) in [6, 6.07) is 0. The Morgan fingerprint density at radius 3 is 2.58 bits per heavy atom. The summed E-state index contributed by atoms with van der Waals surface area (Å²) in [6.07, 6.45) is 5.75. The van der Waals surface area contributed by atoms with Gasteiger partial charge in [0.25, 0.3) is 0 Å². The van der Waals surface area contributed by atoms with Crippen molar-refractivity contribution in [1.29, 1.82) is 0 Å². The highest BCUT2D eigenvalue weighted by atomic mass is 16.5. The van der Waals surface area contributed by atoms with Gasteiger partial charge in [0, 0.05) is 38.0 Å². The molecular weight excluding hydrogens is 238 g/mol. The topological polar surface area (TPSA) is 38.7 Å². The molecular formula is C16H25NO2. The first kappa shape index (κ1) is 14.4. The number of allylic oxidation sites excluding steroid dienone is 2. The first-order valence-corrected chi connectivity index (χ1v) is 7.38. The Hall–Kier alpha value is -0.960. The lowest BCUT2D eigenvalue weighted by molar-refractivity contribution is -0.115. The van der Waals surface area contributed by atoms with Crippen LogP contribution in [0.25, 0.3) is 0 Å². The van der Waals surface area contributed by atoms with Crippen molar-refractivity contribution in [2.45, 2.75) is 52.4 Å². The first-order valence-electron chi connectivity index (χ1n) is 7.38. The molecule has 2 aliphatic rings. The average molecular weight is 263 g/mol. The van der Waals surface area contributed by atoms with Crippen LogP contribution in [0, 0.1) is 5.41 Å². The highest BCUT2D eigenvalue weighted by Crippen LogP contribution is 2.44. The first-order chi connectivity index (χ1) is 9.12. The SMILES string of the molecule is CCC(=NC)C1=C(C)CC2(CCOCC2)CCC1=O. The number of ketones is 1. The third kappa shape index (κ3) is 2.97. The molecule has 106 valence electrons. The number of hydrogen-bond donors (Lipinski definition) is 0. The largest absolute Gasteiger partial charge is 0.381 e. The van der Waals surface area contributed by atoms with Crippen LogP contribution in [-0.2, 0) is 9.53 Å². The fourth-order valence-electron chi connectivity index (χ4n) is 3.57. The monoisotopic (exact) mass is 263 g/mol. The Bertz CT molecular complexity index is 414. The second kappa shape index (κ2) is 6.00. The normalized spacial score (nSPS) is 24.8. The van der Waals surface area contributed by atoms with Gasteiger partial charge in [0.1, 0.15) is 0 Å². The predicted octanol–water partition coefficient (Wildman–Crippen LogP) is 3.33. The van der Waals surface area contributed by atoms with Gasteiger partial charge in [-0.3, -0.25) is 9.79 Å². The lowest BCUT2D eigenvalue weighted by Gasteiger charge is -2.36. The van der Waals surface area contributed by atoms with Crippen molar-refractivity contribution in [1.82, 2.24) is 0 Å². The number of aliphatic imine (C=N–C) groups is 1. The van der Waals surface area contributed by atoms with E-state index in [0.717, 1.165) is 56.6 Å². The number of Topliss-reactive ketones (excluding diaryl/α,β-unsaturated/α-hetero) is 1. The summed E-state index contributed by atoms with van der Waals surface area (Å²) < 4.78 is 5.49. The maximum absolute atomic E-state index is 12.4. The fourth-order valence-corrected chi connectivity index (χ4v) is 3.57. The summed E-state index contributed by atoms with van der Waals surface area (Å²) in [5.41, 5.74) is 3.44. The maximum Gasteiger partial charge on any atom is 0.164 e. The minimum Gasteiger partial charge on any atom is -0.381 e. The Kier molecular flexibility index (Phi) is 4.56. The molecule has 0 saturated carbocycles. The van der Waals surface area contributed by atoms with Crippen molar-refractivity contribution in [3.63, 3.8) is 0 Å². The number of carbonyl (C=O) groups excluding carboxylic acids is 1. The molecule has 0 radical (unpaired) electrons. The van der Waals surface area contributed by atoms with Gasteiger partial charge in [-0.2, -0.15) is 0 Å². The van der Waals surface area contributed by atoms with E-state index in [4.69, 9.17) is 4.74 Å². The Morgan fingerprint density at radius 1 is 1.32 bits per heavy atom. The molecule has 1 aliphatic heterocycles. The summed E-state index contributed by atoms with van der Waals surface area (Å²) in [6.45, 7) is 5.89. The number of ether oxygens (including phenoxy) is 1. The standard InChI is InChI=1S/C16H25NO2/c1-4-13(17-3)15-12(2)11-16(6-5-14(15)18)7-9-19-10-8-16/h4-11H2,1-3H3. The third-order valence-electron chi connectivity index (χ3n) is 4.68. The summed E-state index contributed by atoms with van der Waals surface area (Å²) in [5, 5.41) is 0. The van der Waals surface area contributed by atoms with Gasteiger partial charge in [-0.05, 0) is 44.4 Å². The van der Waals surface area contributed by atoms with Crippen molar-refractivity contribution < 1.29 is 9.53 Å². The fraction of sp³-hybridized carbons (Fsp3) is 0.750. The summed E-state index contributed by atoms with van der Waals surface area (Å²) in [5.74, 6) is 0.295. The smallest absolute Gasteiger partial charge is 0.164 e. The Labute approximate surface area is 116 Å². The van der Waals surface area contributed by atoms with Crippen LogP contribution in [0.1, 0.15) is 52.4 Å². The Morgan fingerprint density at radius 2 is 2.00 bits per heavy atom. The molecule has 1 heterocycles. The lowest BCUT2D eigenvalue weighted by atomic mass is 9.73. The molecule has 1 fully saturated rings. The van der Waals surface area contributed by atoms with Crippen LogP contribution in [0.2, 0.25) is 0 Å². The molecule has 0 N–H and O–H groups in total. The number of hydrogen-bond acceptors (Lipinski definition) is 3. The lowest BCUT2D eigenvalue weighted by Crippen LogP contribution is -2.29. The molecule has 3 nitrogen and oxygen atoms in total. The van der Waals surface area contributed by atoms with Crippen molar-refractivity contribution in [2.75, 3.05) is 20.3 Å². The molecule has 3 heteroatoms. The quantitative estimate of drug-likeness (QED) is 0.717. The van der Waals surface area contributed by atoms with E-state index >= 15 is 0 Å². The summed E-state index contributed by atoms with van der Waals surface area (Å²) in [4.78, 5) is 16.8. The zero-order valence-corrected chi connectivity index (χ0v) is 12.4. The van der Waals surface area contributed by atoms with E-state index in [-0.39, 0.29) is 0 Å². The van der Waals surface area contributed by atoms with E-state index in [2.05, 4.69) is 18.8 Å². The maximum atomic E-state index is 12.4. The van der Waals surface area contributed by atoms with Gasteiger partial charge in [0.2, 0.25) is 0 Å². The highest BCUT2D eigenvalue weighted by molar-refractivity contribution is 6.22. The molecule has 0 aromatic carbocycles. The molecule has 1 aliphatic carbocycles. The van der Waals surface area contributed by atoms with E-state index in [1.54, 1.807) is 7.05 Å². The van der Waals surface area contributed by atoms with Crippen molar-refractivity contribution >= 4 is 11.5 Å². The second-order valence-corrected chi connectivity index (χ2v) is 5.89. The van der Waals surface area contributed by atoms with E-state index in [1.807, 2.05) is 0 Å². The molecule has 19 heavy (non-hydrogen) atoms. The molecule has 2 rings (SSSR count). The zero-order chi connectivity index (χ0) is 13.9. The Balaban J connectivity index is 2.31. The van der Waals surface area contributed by atoms with Gasteiger partial charge in [-0.25, -0.2) is 0 Å². The predicted molar refractivity (Wildman–Crippen MR) is 77.7 cm³/mol. The molecule has 0 aromatic rings. The van der Waals surface area contributed by atoms with Crippen LogP contribution in [0.5, 0.6) is 0 Å². The average Bonchev–Trinajstić information content (AvgIpc) is 2.53. The van der Waals surface area contributed by atoms with E-state index in [0.29, 0.717) is 17.6 Å². The second-order valence-electron chi connectivity index (χ2n) is 5.89. The number of rotatable bonds is 2. The van der Waals surface area contributed by atoms with Gasteiger partial charge < -0.3 is 4.74 Å². The number of nitrogens with zero attached hydrogens (tertiary/aromatic N) is 1. The molecule has 0 unspecified atom stereocenters. The third-order valence-corrected chi connectivity index (χ3v) is 4.68. The molecule has 1 saturated heterocycles. The summed E-state index contributed by atoms with van der Waals surface area (Å²) in [7, 11) is 1.79. The van der Waals surface area contributed by atoms with E-state index in [1.165, 1.54) is 5.57 Å². The van der Waals surface area contributed by atoms with Gasteiger partial charge in [-0.15, -0.1) is 0 Å². The minimum atomic E-state index is 0.295. The van der Waals surface area contributed by atoms with Crippen LogP contribution >= 0.6 is 0 Å². The number of carbonyl (C=O) groups is 1. The molecule has 0 atom stereocenters. The molecule has 0 aromatic heterocycles. The van der Waals surface area contributed by atoms with Crippen LogP contribution in [0.4, 0.5) is 0 Å². The van der Waals surface area contributed by atoms with E-state index in [9.17, 15) is 4.79 Å². The molecule has 1 spiro atoms. The van der Waals surface area contributed by atoms with Crippen LogP contribution in [-0.4, -0.2) is 31.8 Å². The van der Waals surface area contributed by atoms with Crippen LogP contribution < -0.4 is 0 Å². The molecule has 0 amide bonds. The van der Waals surface area contributed by atoms with Crippen LogP contribution in [0.15, 0.2) is 16.1 Å².